The molecule has 0 aliphatic rings. The summed E-state index contributed by atoms with van der Waals surface area (Å²) in [5.41, 5.74) is -2.56. The maximum Gasteiger partial charge on any atom is 0.527 e. The number of amides is 1. The number of ether oxygens (including phenoxy) is 2. The average molecular weight is 673 g/mol. The van der Waals surface area contributed by atoms with Crippen molar-refractivity contribution in [3.63, 3.8) is 0 Å². The molecule has 0 aromatic heterocycles. The average Bonchev–Trinajstić information content (AvgIpc) is 2.71. The molecule has 0 heterocycles. The minimum Gasteiger partial charge on any atom is -0.322 e. The predicted octanol–water partition coefficient (Wildman–Crippen LogP) is 7.60. The zero-order chi connectivity index (χ0) is 28.7. The fraction of sp³-hybridized carbons (Fsp3) is 0.316. The van der Waals surface area contributed by atoms with Crippen molar-refractivity contribution < 1.29 is 71.3 Å². The van der Waals surface area contributed by atoms with Crippen molar-refractivity contribution in [2.24, 2.45) is 0 Å². The van der Waals surface area contributed by atoms with E-state index in [1.807, 2.05) is 10.1 Å². The Balaban J connectivity index is 2.34. The van der Waals surface area contributed by atoms with Crippen LogP contribution < -0.4 is 5.32 Å². The second kappa shape index (κ2) is 10.1. The molecule has 1 N–H and O–H groups in total. The lowest BCUT2D eigenvalue weighted by molar-refractivity contribution is -0.535. The van der Waals surface area contributed by atoms with Crippen molar-refractivity contribution >= 4 is 34.2 Å². The quantitative estimate of drug-likeness (QED) is 0.221. The number of carbonyl (C=O) groups is 1. The molecule has 0 atom stereocenters. The lowest BCUT2D eigenvalue weighted by Crippen LogP contribution is -2.61. The second-order valence-corrected chi connectivity index (χ2v) is 8.03. The Labute approximate surface area is 210 Å². The molecule has 0 radical (unpaired) electrons. The van der Waals surface area contributed by atoms with Crippen LogP contribution in [0.2, 0.25) is 0 Å². The maximum absolute atomic E-state index is 14.4. The highest BCUT2D eigenvalue weighted by Crippen LogP contribution is 2.54. The van der Waals surface area contributed by atoms with E-state index in [9.17, 15) is 61.9 Å². The molecule has 0 bridgehead atoms. The predicted molar refractivity (Wildman–Crippen MR) is 105 cm³/mol. The monoisotopic (exact) mass is 673 g/mol. The van der Waals surface area contributed by atoms with Crippen LogP contribution in [0.25, 0.3) is 0 Å². The van der Waals surface area contributed by atoms with Crippen LogP contribution in [0.15, 0.2) is 48.5 Å². The Bertz CT molecular complexity index is 1140. The van der Waals surface area contributed by atoms with E-state index in [4.69, 9.17) is 0 Å². The van der Waals surface area contributed by atoms with Gasteiger partial charge < -0.3 is 5.32 Å². The molecule has 206 valence electrons. The fourth-order valence-electron chi connectivity index (χ4n) is 2.47. The van der Waals surface area contributed by atoms with Gasteiger partial charge in [-0.25, -0.2) is 9.47 Å². The van der Waals surface area contributed by atoms with Crippen molar-refractivity contribution in [2.45, 2.75) is 36.5 Å². The molecule has 0 spiro atoms. The summed E-state index contributed by atoms with van der Waals surface area (Å²) >= 11 is 1.73. The largest absolute Gasteiger partial charge is 0.527 e. The summed E-state index contributed by atoms with van der Waals surface area (Å²) in [4.78, 5) is 12.3. The van der Waals surface area contributed by atoms with E-state index >= 15 is 0 Å². The third-order valence-electron chi connectivity index (χ3n) is 4.20. The first-order chi connectivity index (χ1) is 16.5. The van der Waals surface area contributed by atoms with E-state index in [1.165, 1.54) is 24.3 Å². The first kappa shape index (κ1) is 30.9. The SMILES string of the molecule is O=C(Nc1cccc(C(F)(F)C(F)(F)OC(F)(F)C(F)(F)C(F)(F)OC(F)(F)F)c1)c1ccccc1I. The Kier molecular flexibility index (Phi) is 8.41. The molecule has 18 heteroatoms. The van der Waals surface area contributed by atoms with Crippen molar-refractivity contribution in [1.82, 2.24) is 0 Å². The Morgan fingerprint density at radius 1 is 0.703 bits per heavy atom. The summed E-state index contributed by atoms with van der Waals surface area (Å²) in [7, 11) is 0. The normalized spacial score (nSPS) is 14.0. The van der Waals surface area contributed by atoms with Crippen LogP contribution in [0.3, 0.4) is 0 Å². The van der Waals surface area contributed by atoms with Gasteiger partial charge in [-0.05, 0) is 46.9 Å². The van der Waals surface area contributed by atoms with Crippen LogP contribution in [0, 0.1) is 3.57 Å². The van der Waals surface area contributed by atoms with Gasteiger partial charge >= 0.3 is 36.5 Å². The number of anilines is 1. The van der Waals surface area contributed by atoms with Gasteiger partial charge in [-0.3, -0.25) is 4.79 Å². The third kappa shape index (κ3) is 6.57. The topological polar surface area (TPSA) is 47.6 Å². The number of nitrogens with one attached hydrogen (secondary N) is 1. The zero-order valence-corrected chi connectivity index (χ0v) is 19.3. The molecule has 0 aliphatic heterocycles. The summed E-state index contributed by atoms with van der Waals surface area (Å²) in [6.07, 6.45) is -27.9. The molecular weight excluding hydrogens is 664 g/mol. The van der Waals surface area contributed by atoms with E-state index in [1.54, 1.807) is 27.3 Å². The molecular formula is C19H9F13INO3. The molecule has 0 unspecified atom stereocenters. The number of hydrogen-bond acceptors (Lipinski definition) is 3. The van der Waals surface area contributed by atoms with Crippen LogP contribution in [-0.4, -0.2) is 36.5 Å². The molecule has 0 saturated carbocycles. The van der Waals surface area contributed by atoms with Gasteiger partial charge in [-0.15, -0.1) is 13.2 Å². The molecule has 2 rings (SSSR count). The molecule has 0 aliphatic carbocycles. The third-order valence-corrected chi connectivity index (χ3v) is 5.14. The highest BCUT2D eigenvalue weighted by atomic mass is 127. The lowest BCUT2D eigenvalue weighted by atomic mass is 10.1. The summed E-state index contributed by atoms with van der Waals surface area (Å²) in [6.45, 7) is 0. The van der Waals surface area contributed by atoms with Crippen LogP contribution in [0.4, 0.5) is 62.8 Å². The Hall–Kier alpha value is -2.35. The highest BCUT2D eigenvalue weighted by molar-refractivity contribution is 14.1. The number of carbonyl (C=O) groups excluding carboxylic acids is 1. The molecule has 0 saturated heterocycles. The number of benzene rings is 2. The summed E-state index contributed by atoms with van der Waals surface area (Å²) in [6, 6.07) is 7.44. The fourth-order valence-corrected chi connectivity index (χ4v) is 3.10. The van der Waals surface area contributed by atoms with Gasteiger partial charge in [0.25, 0.3) is 5.91 Å². The Morgan fingerprint density at radius 2 is 1.24 bits per heavy atom. The van der Waals surface area contributed by atoms with Crippen molar-refractivity contribution in [1.29, 1.82) is 0 Å². The standard InChI is InChI=1S/C19H9F13INO3/c20-14(21,9-4-3-5-10(8-9)34-13(35)11-6-1-2-7-12(11)33)16(24,25)36-17(26,27)15(22,23)18(28,29)37-19(30,31)32/h1-8H,(H,34,35). The van der Waals surface area contributed by atoms with Crippen molar-refractivity contribution in [2.75, 3.05) is 5.32 Å². The van der Waals surface area contributed by atoms with Crippen molar-refractivity contribution in [3.05, 3.63) is 63.2 Å². The van der Waals surface area contributed by atoms with Gasteiger partial charge in [0.1, 0.15) is 0 Å². The molecule has 1 amide bonds. The minimum atomic E-state index is -7.52. The summed E-state index contributed by atoms with van der Waals surface area (Å²) < 4.78 is 176. The number of alkyl halides is 13. The molecule has 4 nitrogen and oxygen atoms in total. The number of hydrogen-bond donors (Lipinski definition) is 1. The van der Waals surface area contributed by atoms with Gasteiger partial charge in [-0.1, -0.05) is 24.3 Å². The van der Waals surface area contributed by atoms with Crippen LogP contribution in [-0.2, 0) is 15.4 Å². The van der Waals surface area contributed by atoms with E-state index in [0.717, 1.165) is 6.07 Å². The second-order valence-electron chi connectivity index (χ2n) is 6.86. The van der Waals surface area contributed by atoms with E-state index in [2.05, 4.69) is 0 Å². The molecule has 0 fully saturated rings. The minimum absolute atomic E-state index is 0.00203. The summed E-state index contributed by atoms with van der Waals surface area (Å²) in [5, 5.41) is 2.02. The van der Waals surface area contributed by atoms with E-state index < -0.39 is 53.7 Å². The zero-order valence-electron chi connectivity index (χ0n) is 17.1. The number of rotatable bonds is 9. The maximum atomic E-state index is 14.4. The first-order valence-corrected chi connectivity index (χ1v) is 10.1. The molecule has 2 aromatic rings. The van der Waals surface area contributed by atoms with Gasteiger partial charge in [0.2, 0.25) is 0 Å². The van der Waals surface area contributed by atoms with Gasteiger partial charge in [0.15, 0.2) is 0 Å². The van der Waals surface area contributed by atoms with Crippen LogP contribution >= 0.6 is 22.6 Å². The van der Waals surface area contributed by atoms with Gasteiger partial charge in [-0.2, -0.15) is 43.9 Å². The molecule has 37 heavy (non-hydrogen) atoms. The lowest BCUT2D eigenvalue weighted by Gasteiger charge is -2.35. The number of halogens is 14. The summed E-state index contributed by atoms with van der Waals surface area (Å²) in [5.74, 6) is -14.4. The van der Waals surface area contributed by atoms with Crippen molar-refractivity contribution in [3.8, 4) is 0 Å². The Morgan fingerprint density at radius 3 is 1.78 bits per heavy atom. The van der Waals surface area contributed by atoms with Crippen LogP contribution in [0.5, 0.6) is 0 Å². The smallest absolute Gasteiger partial charge is 0.322 e. The van der Waals surface area contributed by atoms with Gasteiger partial charge in [0.05, 0.1) is 5.56 Å². The van der Waals surface area contributed by atoms with Gasteiger partial charge in [0, 0.05) is 14.8 Å². The van der Waals surface area contributed by atoms with Crippen LogP contribution in [0.1, 0.15) is 15.9 Å². The van der Waals surface area contributed by atoms with E-state index in [-0.39, 0.29) is 17.7 Å². The molecule has 2 aromatic carbocycles. The highest BCUT2D eigenvalue weighted by Gasteiger charge is 2.80. The van der Waals surface area contributed by atoms with E-state index in [0.29, 0.717) is 9.64 Å². The first-order valence-electron chi connectivity index (χ1n) is 9.07.